The summed E-state index contributed by atoms with van der Waals surface area (Å²) in [6.45, 7) is 6.33. The predicted octanol–water partition coefficient (Wildman–Crippen LogP) is 2.64. The molecule has 2 aromatic carbocycles. The fraction of sp³-hybridized carbons (Fsp3) is 0.481. The first-order chi connectivity index (χ1) is 17.4. The number of carbonyl (C=O) groups excluding carboxylic acids is 1. The highest BCUT2D eigenvalue weighted by Crippen LogP contribution is 2.21. The van der Waals surface area contributed by atoms with Gasteiger partial charge in [0, 0.05) is 59.9 Å². The Kier molecular flexibility index (Phi) is 8.75. The van der Waals surface area contributed by atoms with Gasteiger partial charge in [0.1, 0.15) is 18.2 Å². The van der Waals surface area contributed by atoms with E-state index in [2.05, 4.69) is 15.9 Å². The van der Waals surface area contributed by atoms with Crippen LogP contribution in [-0.2, 0) is 11.3 Å². The number of ether oxygens (including phenoxy) is 2. The maximum Gasteiger partial charge on any atom is 0.319 e. The number of nitrogens with zero attached hydrogens (tertiary/aromatic N) is 5. The van der Waals surface area contributed by atoms with Crippen LogP contribution in [0.4, 0.5) is 9.18 Å². The molecule has 0 aliphatic carbocycles. The van der Waals surface area contributed by atoms with Crippen molar-refractivity contribution in [3.8, 4) is 11.8 Å². The molecule has 0 N–H and O–H groups in total. The zero-order valence-corrected chi connectivity index (χ0v) is 21.0. The summed E-state index contributed by atoms with van der Waals surface area (Å²) >= 11 is 0. The largest absolute Gasteiger partial charge is 0.492 e. The van der Waals surface area contributed by atoms with E-state index >= 15 is 0 Å². The summed E-state index contributed by atoms with van der Waals surface area (Å²) in [6.07, 6.45) is 0.242. The monoisotopic (exact) mass is 495 g/mol. The van der Waals surface area contributed by atoms with Crippen LogP contribution < -0.4 is 4.74 Å². The second kappa shape index (κ2) is 12.2. The maximum atomic E-state index is 13.2. The number of urea groups is 1. The number of amides is 2. The fourth-order valence-electron chi connectivity index (χ4n) is 4.77. The third-order valence-electron chi connectivity index (χ3n) is 6.50. The Morgan fingerprint density at radius 3 is 2.28 bits per heavy atom. The molecule has 2 fully saturated rings. The van der Waals surface area contributed by atoms with Crippen LogP contribution >= 0.6 is 0 Å². The van der Waals surface area contributed by atoms with Crippen molar-refractivity contribution in [1.29, 1.82) is 5.26 Å². The molecule has 2 bridgehead atoms. The van der Waals surface area contributed by atoms with Crippen LogP contribution in [0.1, 0.15) is 11.1 Å². The first kappa shape index (κ1) is 25.9. The summed E-state index contributed by atoms with van der Waals surface area (Å²) in [6, 6.07) is 15.7. The minimum atomic E-state index is -0.212. The van der Waals surface area contributed by atoms with Gasteiger partial charge >= 0.3 is 6.03 Å². The van der Waals surface area contributed by atoms with E-state index in [1.165, 1.54) is 12.1 Å². The second-order valence-corrected chi connectivity index (χ2v) is 9.61. The highest BCUT2D eigenvalue weighted by atomic mass is 19.1. The lowest BCUT2D eigenvalue weighted by molar-refractivity contribution is -0.140. The molecule has 4 rings (SSSR count). The third kappa shape index (κ3) is 7.17. The van der Waals surface area contributed by atoms with Crippen LogP contribution in [0.5, 0.6) is 5.75 Å². The van der Waals surface area contributed by atoms with E-state index < -0.39 is 0 Å². The molecule has 2 aliphatic heterocycles. The molecular formula is C27H34FN5O3. The van der Waals surface area contributed by atoms with Crippen molar-refractivity contribution < 1.29 is 18.7 Å². The second-order valence-electron chi connectivity index (χ2n) is 9.61. The SMILES string of the molecule is CN(C)C(=O)N(CCOc1ccc(C#N)cc1)CCN1CC2CN(Cc3ccc(F)cc3)CC(C1)O2. The Bertz CT molecular complexity index is 1030. The zero-order valence-electron chi connectivity index (χ0n) is 21.0. The van der Waals surface area contributed by atoms with E-state index in [9.17, 15) is 9.18 Å². The summed E-state index contributed by atoms with van der Waals surface area (Å²) < 4.78 is 25.2. The van der Waals surface area contributed by atoms with Gasteiger partial charge in [0.15, 0.2) is 0 Å². The summed E-state index contributed by atoms with van der Waals surface area (Å²) in [7, 11) is 3.51. The van der Waals surface area contributed by atoms with Gasteiger partial charge in [-0.05, 0) is 42.0 Å². The summed E-state index contributed by atoms with van der Waals surface area (Å²) in [4.78, 5) is 20.9. The average Bonchev–Trinajstić information content (AvgIpc) is 2.87. The fourth-order valence-corrected chi connectivity index (χ4v) is 4.77. The van der Waals surface area contributed by atoms with Crippen molar-refractivity contribution in [3.63, 3.8) is 0 Å². The molecule has 2 atom stereocenters. The number of hydrogen-bond donors (Lipinski definition) is 0. The molecule has 8 nitrogen and oxygen atoms in total. The minimum absolute atomic E-state index is 0.0441. The van der Waals surface area contributed by atoms with E-state index in [0.717, 1.165) is 44.8 Å². The quantitative estimate of drug-likeness (QED) is 0.533. The summed E-state index contributed by atoms with van der Waals surface area (Å²) in [5.41, 5.74) is 1.69. The molecule has 2 aromatic rings. The molecule has 0 saturated carbocycles. The van der Waals surface area contributed by atoms with Crippen molar-refractivity contribution in [2.45, 2.75) is 18.8 Å². The van der Waals surface area contributed by atoms with Gasteiger partial charge in [-0.3, -0.25) is 9.80 Å². The first-order valence-corrected chi connectivity index (χ1v) is 12.3. The molecule has 0 aromatic heterocycles. The van der Waals surface area contributed by atoms with Crippen LogP contribution in [0.2, 0.25) is 0 Å². The Morgan fingerprint density at radius 2 is 1.67 bits per heavy atom. The number of benzene rings is 2. The molecule has 192 valence electrons. The Balaban J connectivity index is 1.25. The Hall–Kier alpha value is -3.19. The number of hydrogen-bond acceptors (Lipinski definition) is 6. The number of morpholine rings is 2. The van der Waals surface area contributed by atoms with Gasteiger partial charge in [0.05, 0.1) is 30.4 Å². The normalized spacial score (nSPS) is 19.9. The highest BCUT2D eigenvalue weighted by Gasteiger charge is 2.35. The van der Waals surface area contributed by atoms with E-state index in [-0.39, 0.29) is 24.1 Å². The van der Waals surface area contributed by atoms with Gasteiger partial charge in [-0.25, -0.2) is 9.18 Å². The standard InChI is InChI=1S/C27H34FN5O3/c1-30(2)27(34)33(13-14-35-24-9-5-21(15-29)6-10-24)12-11-31-17-25-19-32(20-26(18-31)36-25)16-22-3-7-23(28)8-4-22/h3-10,25-26H,11-14,16-20H2,1-2H3. The van der Waals surface area contributed by atoms with E-state index in [4.69, 9.17) is 14.7 Å². The number of nitriles is 1. The zero-order chi connectivity index (χ0) is 25.5. The van der Waals surface area contributed by atoms with Crippen LogP contribution in [0, 0.1) is 17.1 Å². The summed E-state index contributed by atoms with van der Waals surface area (Å²) in [5.74, 6) is 0.466. The van der Waals surface area contributed by atoms with Gasteiger partial charge in [-0.1, -0.05) is 12.1 Å². The first-order valence-electron chi connectivity index (χ1n) is 12.3. The van der Waals surface area contributed by atoms with Gasteiger partial charge in [0.2, 0.25) is 0 Å². The lowest BCUT2D eigenvalue weighted by atomic mass is 10.1. The van der Waals surface area contributed by atoms with Crippen molar-refractivity contribution in [1.82, 2.24) is 19.6 Å². The number of fused-ring (bicyclic) bond motifs is 2. The van der Waals surface area contributed by atoms with Crippen molar-refractivity contribution in [2.75, 3.05) is 66.5 Å². The average molecular weight is 496 g/mol. The third-order valence-corrected chi connectivity index (χ3v) is 6.50. The van der Waals surface area contributed by atoms with Gasteiger partial charge < -0.3 is 19.3 Å². The predicted molar refractivity (Wildman–Crippen MR) is 134 cm³/mol. The van der Waals surface area contributed by atoms with Crippen molar-refractivity contribution in [3.05, 3.63) is 65.5 Å². The van der Waals surface area contributed by atoms with Gasteiger partial charge in [-0.2, -0.15) is 5.26 Å². The lowest BCUT2D eigenvalue weighted by Gasteiger charge is -2.46. The molecule has 9 heteroatoms. The molecule has 36 heavy (non-hydrogen) atoms. The smallest absolute Gasteiger partial charge is 0.319 e. The molecule has 0 radical (unpaired) electrons. The summed E-state index contributed by atoms with van der Waals surface area (Å²) in [5, 5.41) is 8.93. The highest BCUT2D eigenvalue weighted by molar-refractivity contribution is 5.73. The molecule has 2 aliphatic rings. The number of rotatable bonds is 9. The van der Waals surface area contributed by atoms with E-state index in [1.807, 2.05) is 17.0 Å². The lowest BCUT2D eigenvalue weighted by Crippen LogP contribution is -2.60. The Morgan fingerprint density at radius 1 is 1.03 bits per heavy atom. The molecule has 0 spiro atoms. The van der Waals surface area contributed by atoms with Crippen LogP contribution in [0.3, 0.4) is 0 Å². The van der Waals surface area contributed by atoms with Crippen molar-refractivity contribution in [2.24, 2.45) is 0 Å². The molecule has 2 heterocycles. The number of halogens is 1. The number of carbonyl (C=O) groups is 1. The minimum Gasteiger partial charge on any atom is -0.492 e. The maximum absolute atomic E-state index is 13.2. The molecule has 2 amide bonds. The molecule has 2 saturated heterocycles. The van der Waals surface area contributed by atoms with E-state index in [0.29, 0.717) is 31.0 Å². The van der Waals surface area contributed by atoms with Crippen LogP contribution in [-0.4, -0.2) is 104 Å². The van der Waals surface area contributed by atoms with Crippen LogP contribution in [0.15, 0.2) is 48.5 Å². The van der Waals surface area contributed by atoms with Gasteiger partial charge in [-0.15, -0.1) is 0 Å². The Labute approximate surface area is 212 Å². The van der Waals surface area contributed by atoms with Crippen molar-refractivity contribution >= 4 is 6.03 Å². The molecule has 2 unspecified atom stereocenters. The van der Waals surface area contributed by atoms with Crippen LogP contribution in [0.25, 0.3) is 0 Å². The van der Waals surface area contributed by atoms with E-state index in [1.54, 1.807) is 43.3 Å². The molecular weight excluding hydrogens is 461 g/mol. The topological polar surface area (TPSA) is 72.3 Å². The van der Waals surface area contributed by atoms with Gasteiger partial charge in [0.25, 0.3) is 0 Å².